The van der Waals surface area contributed by atoms with Gasteiger partial charge in [-0.05, 0) is 61.0 Å². The highest BCUT2D eigenvalue weighted by molar-refractivity contribution is 7.11. The van der Waals surface area contributed by atoms with Gasteiger partial charge in [-0.25, -0.2) is 0 Å². The average Bonchev–Trinajstić information content (AvgIpc) is 2.70. The molecular formula is C14H16N2S. The highest BCUT2D eigenvalue weighted by Gasteiger charge is 1.96. The molecule has 0 radical (unpaired) electrons. The summed E-state index contributed by atoms with van der Waals surface area (Å²) >= 11 is 1.70. The molecule has 0 bridgehead atoms. The third-order valence-electron chi connectivity index (χ3n) is 2.78. The standard InChI is InChI=1S/C14H16N2S/c1-10-4-5-13(8-12(10)3)16-15-9-14-11(2)6-7-17-14/h4-9,16H,1-3H3/b15-9+. The minimum absolute atomic E-state index is 1.03. The van der Waals surface area contributed by atoms with Gasteiger partial charge in [-0.3, -0.25) is 5.43 Å². The SMILES string of the molecule is Cc1ccc(N/N=C/c2sccc2C)cc1C. The summed E-state index contributed by atoms with van der Waals surface area (Å²) in [5, 5.41) is 6.33. The zero-order chi connectivity index (χ0) is 12.3. The van der Waals surface area contributed by atoms with E-state index in [1.165, 1.54) is 21.6 Å². The first kappa shape index (κ1) is 11.9. The first-order valence-electron chi connectivity index (χ1n) is 5.57. The molecule has 1 aromatic heterocycles. The maximum Gasteiger partial charge on any atom is 0.0647 e. The highest BCUT2D eigenvalue weighted by Crippen LogP contribution is 2.15. The van der Waals surface area contributed by atoms with Gasteiger partial charge in [0.2, 0.25) is 0 Å². The Bertz CT molecular complexity index is 541. The molecule has 0 saturated heterocycles. The molecule has 2 nitrogen and oxygen atoms in total. The van der Waals surface area contributed by atoms with Crippen LogP contribution in [-0.4, -0.2) is 6.21 Å². The summed E-state index contributed by atoms with van der Waals surface area (Å²) in [6, 6.07) is 8.35. The Morgan fingerprint density at radius 1 is 1.06 bits per heavy atom. The van der Waals surface area contributed by atoms with Crippen LogP contribution in [0.1, 0.15) is 21.6 Å². The molecule has 0 saturated carbocycles. The predicted octanol–water partition coefficient (Wildman–Crippen LogP) is 4.12. The van der Waals surface area contributed by atoms with Gasteiger partial charge < -0.3 is 0 Å². The molecule has 88 valence electrons. The van der Waals surface area contributed by atoms with Crippen LogP contribution in [0.15, 0.2) is 34.7 Å². The van der Waals surface area contributed by atoms with Gasteiger partial charge in [0.05, 0.1) is 11.9 Å². The summed E-state index contributed by atoms with van der Waals surface area (Å²) in [5.41, 5.74) is 7.92. The van der Waals surface area contributed by atoms with Gasteiger partial charge >= 0.3 is 0 Å². The Hall–Kier alpha value is -1.61. The maximum absolute atomic E-state index is 4.25. The summed E-state index contributed by atoms with van der Waals surface area (Å²) in [4.78, 5) is 1.20. The van der Waals surface area contributed by atoms with Crippen molar-refractivity contribution in [3.63, 3.8) is 0 Å². The molecular weight excluding hydrogens is 228 g/mol. The fourth-order valence-corrected chi connectivity index (χ4v) is 2.28. The van der Waals surface area contributed by atoms with Gasteiger partial charge in [-0.1, -0.05) is 6.07 Å². The number of rotatable bonds is 3. The number of hydrazone groups is 1. The van der Waals surface area contributed by atoms with Gasteiger partial charge in [-0.15, -0.1) is 11.3 Å². The fraction of sp³-hybridized carbons (Fsp3) is 0.214. The number of nitrogens with one attached hydrogen (secondary N) is 1. The Morgan fingerprint density at radius 3 is 2.53 bits per heavy atom. The minimum Gasteiger partial charge on any atom is -0.278 e. The van der Waals surface area contributed by atoms with Gasteiger partial charge in [0.15, 0.2) is 0 Å². The van der Waals surface area contributed by atoms with Crippen LogP contribution in [0.25, 0.3) is 0 Å². The molecule has 0 unspecified atom stereocenters. The molecule has 0 atom stereocenters. The van der Waals surface area contributed by atoms with Crippen molar-refractivity contribution in [1.29, 1.82) is 0 Å². The topological polar surface area (TPSA) is 24.4 Å². The van der Waals surface area contributed by atoms with Crippen LogP contribution < -0.4 is 5.43 Å². The van der Waals surface area contributed by atoms with Crippen molar-refractivity contribution < 1.29 is 0 Å². The number of thiophene rings is 1. The predicted molar refractivity (Wildman–Crippen MR) is 76.2 cm³/mol. The number of benzene rings is 1. The lowest BCUT2D eigenvalue weighted by molar-refractivity contribution is 1.29. The van der Waals surface area contributed by atoms with E-state index in [0.29, 0.717) is 0 Å². The molecule has 3 heteroatoms. The van der Waals surface area contributed by atoms with Crippen molar-refractivity contribution in [3.8, 4) is 0 Å². The van der Waals surface area contributed by atoms with E-state index in [0.717, 1.165) is 5.69 Å². The molecule has 0 aliphatic carbocycles. The quantitative estimate of drug-likeness (QED) is 0.637. The summed E-state index contributed by atoms with van der Waals surface area (Å²) in [6.45, 7) is 6.30. The number of anilines is 1. The average molecular weight is 244 g/mol. The van der Waals surface area contributed by atoms with Crippen molar-refractivity contribution >= 4 is 23.2 Å². The lowest BCUT2D eigenvalue weighted by atomic mass is 10.1. The van der Waals surface area contributed by atoms with Crippen LogP contribution in [0.4, 0.5) is 5.69 Å². The Kier molecular flexibility index (Phi) is 3.59. The molecule has 0 spiro atoms. The molecule has 2 rings (SSSR count). The van der Waals surface area contributed by atoms with Crippen molar-refractivity contribution in [1.82, 2.24) is 0 Å². The van der Waals surface area contributed by atoms with Gasteiger partial charge in [0.1, 0.15) is 0 Å². The van der Waals surface area contributed by atoms with E-state index >= 15 is 0 Å². The van der Waals surface area contributed by atoms with E-state index in [9.17, 15) is 0 Å². The van der Waals surface area contributed by atoms with Crippen LogP contribution in [0.5, 0.6) is 0 Å². The van der Waals surface area contributed by atoms with E-state index in [4.69, 9.17) is 0 Å². The van der Waals surface area contributed by atoms with E-state index in [-0.39, 0.29) is 0 Å². The van der Waals surface area contributed by atoms with Crippen LogP contribution in [0.3, 0.4) is 0 Å². The maximum atomic E-state index is 4.25. The first-order valence-corrected chi connectivity index (χ1v) is 6.45. The van der Waals surface area contributed by atoms with Crippen LogP contribution >= 0.6 is 11.3 Å². The lowest BCUT2D eigenvalue weighted by Crippen LogP contribution is -1.91. The van der Waals surface area contributed by atoms with E-state index < -0.39 is 0 Å². The van der Waals surface area contributed by atoms with Crippen molar-refractivity contribution in [2.75, 3.05) is 5.43 Å². The third-order valence-corrected chi connectivity index (χ3v) is 3.74. The van der Waals surface area contributed by atoms with Gasteiger partial charge in [-0.2, -0.15) is 5.10 Å². The third kappa shape index (κ3) is 2.94. The fourth-order valence-electron chi connectivity index (χ4n) is 1.49. The molecule has 1 N–H and O–H groups in total. The van der Waals surface area contributed by atoms with Crippen molar-refractivity contribution in [3.05, 3.63) is 51.2 Å². The number of aryl methyl sites for hydroxylation is 3. The Balaban J connectivity index is 2.05. The minimum atomic E-state index is 1.03. The van der Waals surface area contributed by atoms with Crippen LogP contribution in [0.2, 0.25) is 0 Å². The zero-order valence-electron chi connectivity index (χ0n) is 10.3. The normalized spacial score (nSPS) is 11.0. The summed E-state index contributed by atoms with van der Waals surface area (Å²) < 4.78 is 0. The molecule has 0 amide bonds. The van der Waals surface area contributed by atoms with E-state index in [2.05, 4.69) is 54.9 Å². The Labute approximate surface area is 106 Å². The molecule has 0 aliphatic heterocycles. The monoisotopic (exact) mass is 244 g/mol. The second-order valence-electron chi connectivity index (χ2n) is 4.14. The largest absolute Gasteiger partial charge is 0.278 e. The van der Waals surface area contributed by atoms with E-state index in [1.54, 1.807) is 11.3 Å². The summed E-state index contributed by atoms with van der Waals surface area (Å²) in [5.74, 6) is 0. The smallest absolute Gasteiger partial charge is 0.0647 e. The number of hydrogen-bond acceptors (Lipinski definition) is 3. The molecule has 2 aromatic rings. The highest BCUT2D eigenvalue weighted by atomic mass is 32.1. The van der Waals surface area contributed by atoms with Crippen molar-refractivity contribution in [2.45, 2.75) is 20.8 Å². The van der Waals surface area contributed by atoms with E-state index in [1.807, 2.05) is 12.3 Å². The van der Waals surface area contributed by atoms with Gasteiger partial charge in [0.25, 0.3) is 0 Å². The Morgan fingerprint density at radius 2 is 1.88 bits per heavy atom. The summed E-state index contributed by atoms with van der Waals surface area (Å²) in [7, 11) is 0. The molecule has 1 heterocycles. The molecule has 0 fully saturated rings. The lowest BCUT2D eigenvalue weighted by Gasteiger charge is -2.03. The number of nitrogens with zero attached hydrogens (tertiary/aromatic N) is 1. The summed E-state index contributed by atoms with van der Waals surface area (Å²) in [6.07, 6.45) is 1.87. The number of hydrogen-bond donors (Lipinski definition) is 1. The second kappa shape index (κ2) is 5.15. The molecule has 17 heavy (non-hydrogen) atoms. The molecule has 0 aliphatic rings. The first-order chi connectivity index (χ1) is 8.16. The van der Waals surface area contributed by atoms with Gasteiger partial charge in [0, 0.05) is 4.88 Å². The second-order valence-corrected chi connectivity index (χ2v) is 5.08. The zero-order valence-corrected chi connectivity index (χ0v) is 11.1. The molecule has 1 aromatic carbocycles. The van der Waals surface area contributed by atoms with Crippen LogP contribution in [0, 0.1) is 20.8 Å². The van der Waals surface area contributed by atoms with Crippen molar-refractivity contribution in [2.24, 2.45) is 5.10 Å². The van der Waals surface area contributed by atoms with Crippen LogP contribution in [-0.2, 0) is 0 Å².